The number of methoxy groups -OCH3 is 1. The number of ether oxygens (including phenoxy) is 1. The summed E-state index contributed by atoms with van der Waals surface area (Å²) in [5, 5.41) is 0. The Balaban J connectivity index is 0.000000224. The number of hydrogen-bond donors (Lipinski definition) is 0. The van der Waals surface area contributed by atoms with E-state index >= 15 is 0 Å². The maximum Gasteiger partial charge on any atom is 3.00 e. The zero-order chi connectivity index (χ0) is 22.1. The van der Waals surface area contributed by atoms with Crippen LogP contribution in [-0.2, 0) is 47.6 Å². The second-order valence-corrected chi connectivity index (χ2v) is 8.04. The molecule has 170 valence electrons. The standard InChI is InChI=1S/C12H18N2OS2.C12H8NO.Au/c1-15-11-4-2-10(3-5-11)13-6-8-14(9-7-13)12(16)17;14-12(10-6-2-1-3-7-10)11-8-4-5-9-13-11;/h2-5,12,16-17H,6-9H2,1H3;1-6,8-9H;/q;-1;+3/p-2. The maximum absolute atomic E-state index is 11.8. The van der Waals surface area contributed by atoms with Crippen molar-refractivity contribution in [2.75, 3.05) is 38.2 Å². The molecule has 1 aliphatic rings. The molecule has 0 amide bonds. The monoisotopic (exact) mass is 647 g/mol. The Morgan fingerprint density at radius 2 is 1.69 bits per heavy atom. The van der Waals surface area contributed by atoms with Crippen molar-refractivity contribution >= 4 is 36.7 Å². The Kier molecular flexibility index (Phi) is 11.4. The van der Waals surface area contributed by atoms with E-state index in [1.165, 1.54) is 5.69 Å². The number of ketones is 1. The van der Waals surface area contributed by atoms with Gasteiger partial charge in [0.05, 0.1) is 12.8 Å². The van der Waals surface area contributed by atoms with E-state index in [9.17, 15) is 4.79 Å². The smallest absolute Gasteiger partial charge is 0.800 e. The summed E-state index contributed by atoms with van der Waals surface area (Å²) in [6.07, 6.45) is 1.61. The molecule has 4 rings (SSSR count). The summed E-state index contributed by atoms with van der Waals surface area (Å²) in [5.74, 6) is 0.801. The van der Waals surface area contributed by atoms with E-state index in [-0.39, 0.29) is 32.9 Å². The van der Waals surface area contributed by atoms with Crippen molar-refractivity contribution in [1.82, 2.24) is 9.88 Å². The molecule has 32 heavy (non-hydrogen) atoms. The Bertz CT molecular complexity index is 895. The predicted octanol–water partition coefficient (Wildman–Crippen LogP) is 3.30. The van der Waals surface area contributed by atoms with Crippen LogP contribution in [0.4, 0.5) is 5.69 Å². The first-order valence-electron chi connectivity index (χ1n) is 9.95. The molecule has 8 heteroatoms. The number of hydrogen-bond acceptors (Lipinski definition) is 7. The van der Waals surface area contributed by atoms with E-state index in [1.54, 1.807) is 43.6 Å². The van der Waals surface area contributed by atoms with Crippen LogP contribution >= 0.6 is 0 Å². The molecule has 0 N–H and O–H groups in total. The molecule has 0 atom stereocenters. The zero-order valence-electron chi connectivity index (χ0n) is 17.6. The van der Waals surface area contributed by atoms with E-state index in [0.29, 0.717) is 11.3 Å². The SMILES string of the molecule is COc1ccc(N2CCN(C([S-])[S-])CC2)cc1.O=C(c1[c-]cccc1)c1ccccn1.[Au+3]. The fourth-order valence-electron chi connectivity index (χ4n) is 3.15. The molecular weight excluding hydrogens is 623 g/mol. The molecule has 1 aromatic heterocycles. The number of aromatic nitrogens is 1. The average Bonchev–Trinajstić information content (AvgIpc) is 2.85. The van der Waals surface area contributed by atoms with Gasteiger partial charge in [-0.05, 0) is 36.4 Å². The molecule has 0 spiro atoms. The second-order valence-electron chi connectivity index (χ2n) is 6.85. The molecule has 1 saturated heterocycles. The molecule has 0 saturated carbocycles. The minimum absolute atomic E-state index is 0. The number of nitrogens with zero attached hydrogens (tertiary/aromatic N) is 3. The number of carbonyl (C=O) groups is 1. The van der Waals surface area contributed by atoms with E-state index in [1.807, 2.05) is 24.3 Å². The van der Waals surface area contributed by atoms with Crippen molar-refractivity contribution in [3.8, 4) is 5.75 Å². The molecule has 0 bridgehead atoms. The van der Waals surface area contributed by atoms with Crippen LogP contribution in [0, 0.1) is 6.07 Å². The Morgan fingerprint density at radius 1 is 1.00 bits per heavy atom. The van der Waals surface area contributed by atoms with Gasteiger partial charge in [0.15, 0.2) is 0 Å². The summed E-state index contributed by atoms with van der Waals surface area (Å²) >= 11 is 10.2. The third-order valence-corrected chi connectivity index (χ3v) is 5.50. The molecule has 2 aromatic carbocycles. The van der Waals surface area contributed by atoms with Crippen LogP contribution in [0.2, 0.25) is 0 Å². The van der Waals surface area contributed by atoms with Gasteiger partial charge in [-0.3, -0.25) is 4.98 Å². The van der Waals surface area contributed by atoms with Crippen molar-refractivity contribution in [1.29, 1.82) is 0 Å². The average molecular weight is 648 g/mol. The van der Waals surface area contributed by atoms with Gasteiger partial charge in [-0.25, -0.2) is 4.71 Å². The first-order chi connectivity index (χ1) is 15.1. The van der Waals surface area contributed by atoms with Crippen molar-refractivity contribution in [2.24, 2.45) is 0 Å². The van der Waals surface area contributed by atoms with Gasteiger partial charge in [-0.1, -0.05) is 6.07 Å². The minimum Gasteiger partial charge on any atom is -0.800 e. The number of carbonyl (C=O) groups excluding carboxylic acids is 1. The summed E-state index contributed by atoms with van der Waals surface area (Å²) in [7, 11) is 1.68. The van der Waals surface area contributed by atoms with Gasteiger partial charge in [-0.2, -0.15) is 0 Å². The fraction of sp³-hybridized carbons (Fsp3) is 0.250. The van der Waals surface area contributed by atoms with Crippen LogP contribution in [0.5, 0.6) is 5.75 Å². The van der Waals surface area contributed by atoms with Gasteiger partial charge >= 0.3 is 22.4 Å². The Labute approximate surface area is 216 Å². The van der Waals surface area contributed by atoms with Crippen LogP contribution in [-0.4, -0.2) is 53.7 Å². The zero-order valence-corrected chi connectivity index (χ0v) is 21.4. The molecule has 1 fully saturated rings. The molecule has 1 aliphatic heterocycles. The Hall–Kier alpha value is -1.74. The van der Waals surface area contributed by atoms with Crippen molar-refractivity contribution in [2.45, 2.75) is 4.71 Å². The van der Waals surface area contributed by atoms with Gasteiger partial charge in [0.25, 0.3) is 0 Å². The van der Waals surface area contributed by atoms with Crippen LogP contribution in [0.15, 0.2) is 72.9 Å². The summed E-state index contributed by atoms with van der Waals surface area (Å²) in [6.45, 7) is 3.86. The predicted molar refractivity (Wildman–Crippen MR) is 128 cm³/mol. The molecule has 2 heterocycles. The number of piperazine rings is 1. The number of rotatable bonds is 5. The molecule has 0 radical (unpaired) electrons. The second kappa shape index (κ2) is 13.7. The van der Waals surface area contributed by atoms with E-state index in [4.69, 9.17) is 30.0 Å². The van der Waals surface area contributed by atoms with Crippen LogP contribution in [0.25, 0.3) is 0 Å². The largest absolute Gasteiger partial charge is 3.00 e. The van der Waals surface area contributed by atoms with Crippen LogP contribution in [0.3, 0.4) is 0 Å². The summed E-state index contributed by atoms with van der Waals surface area (Å²) in [5.41, 5.74) is 2.23. The third kappa shape index (κ3) is 7.69. The third-order valence-electron chi connectivity index (χ3n) is 4.90. The summed E-state index contributed by atoms with van der Waals surface area (Å²) in [6, 6.07) is 23.4. The van der Waals surface area contributed by atoms with E-state index in [2.05, 4.69) is 33.0 Å². The summed E-state index contributed by atoms with van der Waals surface area (Å²) < 4.78 is 4.98. The minimum atomic E-state index is -0.173. The first kappa shape index (κ1) is 26.5. The van der Waals surface area contributed by atoms with Crippen molar-refractivity contribution in [3.63, 3.8) is 0 Å². The fourth-order valence-corrected chi connectivity index (χ4v) is 3.58. The number of benzene rings is 2. The number of anilines is 1. The normalized spacial score (nSPS) is 13.6. The van der Waals surface area contributed by atoms with E-state index in [0.717, 1.165) is 31.9 Å². The van der Waals surface area contributed by atoms with E-state index < -0.39 is 0 Å². The van der Waals surface area contributed by atoms with Crippen LogP contribution in [0.1, 0.15) is 16.1 Å². The molecule has 0 unspecified atom stereocenters. The number of pyridine rings is 1. The topological polar surface area (TPSA) is 45.7 Å². The first-order valence-corrected chi connectivity index (χ1v) is 10.9. The molecule has 5 nitrogen and oxygen atoms in total. The molecule has 0 aliphatic carbocycles. The van der Waals surface area contributed by atoms with Crippen molar-refractivity contribution < 1.29 is 31.9 Å². The van der Waals surface area contributed by atoms with Gasteiger partial charge in [0.1, 0.15) is 11.5 Å². The quantitative estimate of drug-likeness (QED) is 0.182. The van der Waals surface area contributed by atoms with Gasteiger partial charge < -0.3 is 44.6 Å². The van der Waals surface area contributed by atoms with Gasteiger partial charge in [0.2, 0.25) is 0 Å². The van der Waals surface area contributed by atoms with Gasteiger partial charge in [0, 0.05) is 38.1 Å². The van der Waals surface area contributed by atoms with Gasteiger partial charge in [-0.15, -0.1) is 35.9 Å². The van der Waals surface area contributed by atoms with Crippen LogP contribution < -0.4 is 9.64 Å². The summed E-state index contributed by atoms with van der Waals surface area (Å²) in [4.78, 5) is 20.2. The Morgan fingerprint density at radius 3 is 2.22 bits per heavy atom. The maximum atomic E-state index is 11.8. The van der Waals surface area contributed by atoms with Crippen molar-refractivity contribution in [3.05, 3.63) is 90.3 Å². The molecule has 3 aromatic rings. The molecular formula is C24H24AuN3O2S2.